The van der Waals surface area contributed by atoms with E-state index in [9.17, 15) is 31.2 Å². The van der Waals surface area contributed by atoms with Gasteiger partial charge in [0.05, 0.1) is 18.1 Å². The van der Waals surface area contributed by atoms with Gasteiger partial charge in [0.2, 0.25) is 21.9 Å². The normalized spacial score (nSPS) is 15.7. The molecule has 0 spiro atoms. The zero-order chi connectivity index (χ0) is 38.6. The van der Waals surface area contributed by atoms with Crippen LogP contribution in [0.4, 0.5) is 52.6 Å². The van der Waals surface area contributed by atoms with Crippen molar-refractivity contribution in [3.05, 3.63) is 83.9 Å². The Hall–Kier alpha value is -5.56. The van der Waals surface area contributed by atoms with Crippen molar-refractivity contribution in [2.45, 2.75) is 44.6 Å². The van der Waals surface area contributed by atoms with Crippen LogP contribution in [0, 0.1) is 0 Å². The number of amides is 3. The highest BCUT2D eigenvalue weighted by atomic mass is 32.2. The molecule has 5 heterocycles. The number of sulfonamides is 1. The molecule has 0 unspecified atom stereocenters. The Morgan fingerprint density at radius 3 is 2.39 bits per heavy atom. The van der Waals surface area contributed by atoms with E-state index in [1.807, 2.05) is 18.2 Å². The van der Waals surface area contributed by atoms with Crippen LogP contribution >= 0.6 is 0 Å². The molecule has 2 aliphatic rings. The summed E-state index contributed by atoms with van der Waals surface area (Å²) in [7, 11) is -0.295. The molecule has 2 saturated heterocycles. The second-order valence-corrected chi connectivity index (χ2v) is 15.1. The van der Waals surface area contributed by atoms with Gasteiger partial charge in [-0.05, 0) is 61.9 Å². The zero-order valence-corrected chi connectivity index (χ0v) is 30.7. The van der Waals surface area contributed by atoms with Gasteiger partial charge in [-0.1, -0.05) is 6.07 Å². The van der Waals surface area contributed by atoms with Crippen molar-refractivity contribution in [1.82, 2.24) is 30.2 Å². The van der Waals surface area contributed by atoms with Crippen molar-refractivity contribution in [2.75, 3.05) is 64.7 Å². The third-order valence-corrected chi connectivity index (χ3v) is 10.6. The van der Waals surface area contributed by atoms with Crippen LogP contribution in [0.15, 0.2) is 67.3 Å². The lowest BCUT2D eigenvalue weighted by molar-refractivity contribution is -0.137. The molecule has 0 radical (unpaired) electrons. The lowest BCUT2D eigenvalue weighted by atomic mass is 10.0. The SMILES string of the molecule is CN(Cc1ccncc1N1CCC(=O)NC1=O)C1CCN(c2ccc(Nc3ncc(C(F)(F)F)c(NCc4cccnc4N(C)S(C)(=O)=O)n3)cc2)CC1. The van der Waals surface area contributed by atoms with Crippen molar-refractivity contribution in [1.29, 1.82) is 0 Å². The Labute approximate surface area is 310 Å². The van der Waals surface area contributed by atoms with E-state index in [-0.39, 0.29) is 30.6 Å². The molecule has 0 bridgehead atoms. The minimum absolute atomic E-state index is 0.0616. The molecule has 3 N–H and O–H groups in total. The van der Waals surface area contributed by atoms with Crippen molar-refractivity contribution < 1.29 is 31.2 Å². The number of benzene rings is 1. The average molecular weight is 768 g/mol. The molecule has 0 atom stereocenters. The van der Waals surface area contributed by atoms with Crippen molar-refractivity contribution in [3.63, 3.8) is 0 Å². The molecule has 54 heavy (non-hydrogen) atoms. The summed E-state index contributed by atoms with van der Waals surface area (Å²) in [6.07, 6.45) is 3.73. The standard InChI is InChI=1S/C35H40F3N11O4S/c1-46(22-24-10-15-39-21-29(24)49-18-13-30(50)44-34(49)51)26-11-16-48(17-12-26)27-8-6-25(7-9-27)43-33-42-20-28(35(36,37)38)31(45-33)41-19-23-5-4-14-40-32(23)47(2)54(3,52)53/h4-10,14-15,20-21,26H,11-13,16-19,22H2,1-3H3,(H,44,50,51)(H2,41,42,43,45). The molecule has 3 amide bonds. The second kappa shape index (κ2) is 15.8. The van der Waals surface area contributed by atoms with Gasteiger partial charge in [0.1, 0.15) is 17.2 Å². The number of anilines is 6. The monoisotopic (exact) mass is 767 g/mol. The third kappa shape index (κ3) is 8.96. The Morgan fingerprint density at radius 1 is 0.963 bits per heavy atom. The third-order valence-electron chi connectivity index (χ3n) is 9.43. The summed E-state index contributed by atoms with van der Waals surface area (Å²) in [5.74, 6) is -0.749. The molecule has 15 nitrogen and oxygen atoms in total. The van der Waals surface area contributed by atoms with Crippen molar-refractivity contribution in [2.24, 2.45) is 0 Å². The summed E-state index contributed by atoms with van der Waals surface area (Å²) in [4.78, 5) is 46.6. The van der Waals surface area contributed by atoms with E-state index in [2.05, 4.69) is 52.7 Å². The Bertz CT molecular complexity index is 2100. The quantitative estimate of drug-likeness (QED) is 0.184. The van der Waals surface area contributed by atoms with Crippen LogP contribution in [0.2, 0.25) is 0 Å². The molecule has 0 saturated carbocycles. The first-order valence-electron chi connectivity index (χ1n) is 17.1. The van der Waals surface area contributed by atoms with E-state index in [1.165, 1.54) is 13.2 Å². The summed E-state index contributed by atoms with van der Waals surface area (Å²) >= 11 is 0. The number of urea groups is 1. The number of carbonyl (C=O) groups excluding carboxylic acids is 2. The lowest BCUT2D eigenvalue weighted by Gasteiger charge is -2.38. The highest BCUT2D eigenvalue weighted by Crippen LogP contribution is 2.35. The van der Waals surface area contributed by atoms with Crippen LogP contribution in [0.3, 0.4) is 0 Å². The second-order valence-electron chi connectivity index (χ2n) is 13.1. The summed E-state index contributed by atoms with van der Waals surface area (Å²) < 4.78 is 66.9. The molecule has 4 aromatic rings. The van der Waals surface area contributed by atoms with Crippen LogP contribution in [-0.4, -0.2) is 91.2 Å². The van der Waals surface area contributed by atoms with Gasteiger partial charge >= 0.3 is 12.2 Å². The maximum atomic E-state index is 13.9. The number of piperidine rings is 1. The van der Waals surface area contributed by atoms with E-state index >= 15 is 0 Å². The molecule has 0 aliphatic carbocycles. The summed E-state index contributed by atoms with van der Waals surface area (Å²) in [5.41, 5.74) is 2.47. The minimum Gasteiger partial charge on any atom is -0.371 e. The molecule has 19 heteroatoms. The van der Waals surface area contributed by atoms with Gasteiger partial charge in [-0.15, -0.1) is 0 Å². The molecule has 2 aliphatic heterocycles. The topological polar surface area (TPSA) is 169 Å². The van der Waals surface area contributed by atoms with Gasteiger partial charge in [0.15, 0.2) is 0 Å². The number of alkyl halides is 3. The summed E-state index contributed by atoms with van der Waals surface area (Å²) in [6.45, 7) is 2.33. The van der Waals surface area contributed by atoms with Gasteiger partial charge in [-0.25, -0.2) is 23.2 Å². The van der Waals surface area contributed by atoms with Crippen LogP contribution in [0.5, 0.6) is 0 Å². The van der Waals surface area contributed by atoms with Gasteiger partial charge in [-0.3, -0.25) is 29.2 Å². The number of nitrogens with one attached hydrogen (secondary N) is 3. The Morgan fingerprint density at radius 2 is 1.70 bits per heavy atom. The Balaban J connectivity index is 1.07. The molecule has 6 rings (SSSR count). The fraction of sp³-hybridized carbons (Fsp3) is 0.371. The maximum Gasteiger partial charge on any atom is 0.421 e. The number of aromatic nitrogens is 4. The lowest BCUT2D eigenvalue weighted by Crippen LogP contribution is -2.50. The van der Waals surface area contributed by atoms with E-state index < -0.39 is 33.6 Å². The number of imide groups is 1. The number of halogens is 3. The van der Waals surface area contributed by atoms with Crippen LogP contribution in [0.1, 0.15) is 36.0 Å². The van der Waals surface area contributed by atoms with Gasteiger partial charge in [0.25, 0.3) is 0 Å². The summed E-state index contributed by atoms with van der Waals surface area (Å²) in [5, 5.41) is 8.04. The minimum atomic E-state index is -4.75. The van der Waals surface area contributed by atoms with E-state index in [4.69, 9.17) is 0 Å². The van der Waals surface area contributed by atoms with Crippen molar-refractivity contribution in [3.8, 4) is 0 Å². The first-order valence-corrected chi connectivity index (χ1v) is 18.9. The summed E-state index contributed by atoms with van der Waals surface area (Å²) in [6, 6.07) is 12.3. The Kier molecular flexibility index (Phi) is 11.2. The predicted octanol–water partition coefficient (Wildman–Crippen LogP) is 4.58. The maximum absolute atomic E-state index is 13.9. The highest BCUT2D eigenvalue weighted by molar-refractivity contribution is 7.92. The van der Waals surface area contributed by atoms with Gasteiger partial charge in [0, 0.05) is 87.8 Å². The average Bonchev–Trinajstić information content (AvgIpc) is 3.14. The van der Waals surface area contributed by atoms with Crippen molar-refractivity contribution >= 4 is 56.6 Å². The number of hydrogen-bond acceptors (Lipinski definition) is 12. The van der Waals surface area contributed by atoms with Gasteiger partial charge < -0.3 is 15.5 Å². The molecule has 1 aromatic carbocycles. The predicted molar refractivity (Wildman–Crippen MR) is 198 cm³/mol. The molecular weight excluding hydrogens is 728 g/mol. The fourth-order valence-electron chi connectivity index (χ4n) is 6.41. The highest BCUT2D eigenvalue weighted by Gasteiger charge is 2.35. The van der Waals surface area contributed by atoms with Crippen LogP contribution < -0.4 is 30.1 Å². The molecule has 3 aromatic heterocycles. The molecule has 286 valence electrons. The zero-order valence-electron chi connectivity index (χ0n) is 29.8. The number of pyridine rings is 2. The molecule has 2 fully saturated rings. The first-order chi connectivity index (χ1) is 25.7. The first kappa shape index (κ1) is 38.2. The van der Waals surface area contributed by atoms with Crippen LogP contribution in [0.25, 0.3) is 0 Å². The number of rotatable bonds is 12. The van der Waals surface area contributed by atoms with E-state index in [0.29, 0.717) is 42.3 Å². The number of hydrogen-bond donors (Lipinski definition) is 3. The van der Waals surface area contributed by atoms with Crippen LogP contribution in [-0.2, 0) is 34.1 Å². The number of nitrogens with zero attached hydrogens (tertiary/aromatic N) is 8. The largest absolute Gasteiger partial charge is 0.421 e. The van der Waals surface area contributed by atoms with Gasteiger partial charge in [-0.2, -0.15) is 18.2 Å². The van der Waals surface area contributed by atoms with E-state index in [0.717, 1.165) is 47.7 Å². The number of carbonyl (C=O) groups is 2. The molecular formula is C35H40F3N11O4S. The fourth-order valence-corrected chi connectivity index (χ4v) is 6.88. The smallest absolute Gasteiger partial charge is 0.371 e. The van der Waals surface area contributed by atoms with E-state index in [1.54, 1.807) is 41.6 Å².